The van der Waals surface area contributed by atoms with Crippen LogP contribution in [-0.4, -0.2) is 29.2 Å². The highest BCUT2D eigenvalue weighted by Crippen LogP contribution is 2.26. The molecule has 0 fully saturated rings. The van der Waals surface area contributed by atoms with Crippen LogP contribution in [0.4, 0.5) is 11.5 Å². The number of methoxy groups -OCH3 is 2. The van der Waals surface area contributed by atoms with Gasteiger partial charge >= 0.3 is 0 Å². The van der Waals surface area contributed by atoms with Gasteiger partial charge in [-0.2, -0.15) is 4.98 Å². The molecule has 3 N–H and O–H groups in total. The van der Waals surface area contributed by atoms with Gasteiger partial charge in [0.2, 0.25) is 5.88 Å². The van der Waals surface area contributed by atoms with E-state index in [-0.39, 0.29) is 0 Å². The zero-order valence-corrected chi connectivity index (χ0v) is 11.5. The zero-order valence-electron chi connectivity index (χ0n) is 11.5. The van der Waals surface area contributed by atoms with Crippen LogP contribution in [-0.2, 0) is 17.9 Å². The highest BCUT2D eigenvalue weighted by atomic mass is 16.5. The molecular formula is C13H17N5O2. The Kier molecular flexibility index (Phi) is 4.67. The second kappa shape index (κ2) is 6.67. The number of nitrogens with one attached hydrogen (secondary N) is 1. The Hall–Kier alpha value is -2.41. The fourth-order valence-corrected chi connectivity index (χ4v) is 1.66. The predicted octanol–water partition coefficient (Wildman–Crippen LogP) is 1.22. The molecule has 7 nitrogen and oxygen atoms in total. The first kappa shape index (κ1) is 14.0. The second-order valence-electron chi connectivity index (χ2n) is 4.05. The van der Waals surface area contributed by atoms with Crippen molar-refractivity contribution >= 4 is 11.5 Å². The SMILES string of the molecule is COCc1nc(NCc2ccncc2)c(N)c(OC)n1. The molecule has 0 radical (unpaired) electrons. The van der Waals surface area contributed by atoms with Crippen molar-refractivity contribution in [2.24, 2.45) is 0 Å². The van der Waals surface area contributed by atoms with Gasteiger partial charge in [-0.15, -0.1) is 0 Å². The first-order valence-corrected chi connectivity index (χ1v) is 6.06. The number of nitrogens with zero attached hydrogens (tertiary/aromatic N) is 3. The Morgan fingerprint density at radius 3 is 2.60 bits per heavy atom. The summed E-state index contributed by atoms with van der Waals surface area (Å²) in [6.07, 6.45) is 3.47. The summed E-state index contributed by atoms with van der Waals surface area (Å²) < 4.78 is 10.2. The summed E-state index contributed by atoms with van der Waals surface area (Å²) in [5.41, 5.74) is 7.41. The van der Waals surface area contributed by atoms with Gasteiger partial charge in [-0.3, -0.25) is 4.98 Å². The van der Waals surface area contributed by atoms with E-state index in [1.807, 2.05) is 12.1 Å². The molecule has 0 atom stereocenters. The highest BCUT2D eigenvalue weighted by molar-refractivity contribution is 5.66. The van der Waals surface area contributed by atoms with E-state index in [1.165, 1.54) is 7.11 Å². The Balaban J connectivity index is 2.19. The quantitative estimate of drug-likeness (QED) is 0.818. The van der Waals surface area contributed by atoms with Crippen molar-refractivity contribution in [3.8, 4) is 5.88 Å². The number of hydrogen-bond donors (Lipinski definition) is 2. The minimum atomic E-state index is 0.292. The monoisotopic (exact) mass is 275 g/mol. The molecule has 2 rings (SSSR count). The van der Waals surface area contributed by atoms with Crippen LogP contribution in [0.25, 0.3) is 0 Å². The standard InChI is InChI=1S/C13H17N5O2/c1-19-8-10-17-12(11(14)13(18-10)20-2)16-7-9-3-5-15-6-4-9/h3-6H,7-8,14H2,1-2H3,(H,16,17,18). The van der Waals surface area contributed by atoms with E-state index in [9.17, 15) is 0 Å². The Labute approximate surface area is 117 Å². The highest BCUT2D eigenvalue weighted by Gasteiger charge is 2.12. The summed E-state index contributed by atoms with van der Waals surface area (Å²) >= 11 is 0. The maximum Gasteiger partial charge on any atom is 0.242 e. The summed E-state index contributed by atoms with van der Waals surface area (Å²) in [6.45, 7) is 0.875. The Morgan fingerprint density at radius 2 is 1.95 bits per heavy atom. The normalized spacial score (nSPS) is 10.3. The van der Waals surface area contributed by atoms with E-state index in [2.05, 4.69) is 20.3 Å². The van der Waals surface area contributed by atoms with Gasteiger partial charge in [0.1, 0.15) is 12.3 Å². The van der Waals surface area contributed by atoms with Crippen molar-refractivity contribution in [2.45, 2.75) is 13.2 Å². The average Bonchev–Trinajstić information content (AvgIpc) is 2.48. The van der Waals surface area contributed by atoms with E-state index in [1.54, 1.807) is 19.5 Å². The van der Waals surface area contributed by atoms with E-state index in [4.69, 9.17) is 15.2 Å². The number of aromatic nitrogens is 3. The fraction of sp³-hybridized carbons (Fsp3) is 0.308. The van der Waals surface area contributed by atoms with Gasteiger partial charge in [0.05, 0.1) is 7.11 Å². The smallest absolute Gasteiger partial charge is 0.242 e. The molecule has 0 amide bonds. The molecule has 0 spiro atoms. The number of ether oxygens (including phenoxy) is 2. The number of anilines is 2. The summed E-state index contributed by atoms with van der Waals surface area (Å²) in [4.78, 5) is 12.4. The lowest BCUT2D eigenvalue weighted by atomic mass is 10.2. The average molecular weight is 275 g/mol. The molecule has 0 saturated heterocycles. The largest absolute Gasteiger partial charge is 0.479 e. The van der Waals surface area contributed by atoms with Gasteiger partial charge < -0.3 is 20.5 Å². The van der Waals surface area contributed by atoms with Crippen molar-refractivity contribution in [2.75, 3.05) is 25.3 Å². The van der Waals surface area contributed by atoms with Crippen molar-refractivity contribution in [3.63, 3.8) is 0 Å². The zero-order chi connectivity index (χ0) is 14.4. The number of hydrogen-bond acceptors (Lipinski definition) is 7. The van der Waals surface area contributed by atoms with Crippen molar-refractivity contribution < 1.29 is 9.47 Å². The minimum absolute atomic E-state index is 0.292. The molecule has 0 aliphatic carbocycles. The molecule has 106 valence electrons. The molecule has 2 aromatic heterocycles. The van der Waals surface area contributed by atoms with E-state index >= 15 is 0 Å². The van der Waals surface area contributed by atoms with Gasteiger partial charge in [0.15, 0.2) is 11.6 Å². The first-order valence-electron chi connectivity index (χ1n) is 6.06. The first-order chi connectivity index (χ1) is 9.74. The third-order valence-corrected chi connectivity index (χ3v) is 2.63. The van der Waals surface area contributed by atoms with Crippen LogP contribution in [0.15, 0.2) is 24.5 Å². The molecule has 0 aliphatic rings. The lowest BCUT2D eigenvalue weighted by Crippen LogP contribution is -2.10. The lowest BCUT2D eigenvalue weighted by molar-refractivity contribution is 0.177. The third-order valence-electron chi connectivity index (χ3n) is 2.63. The molecule has 2 heterocycles. The Morgan fingerprint density at radius 1 is 1.20 bits per heavy atom. The van der Waals surface area contributed by atoms with Crippen LogP contribution in [0, 0.1) is 0 Å². The minimum Gasteiger partial charge on any atom is -0.479 e. The molecule has 7 heteroatoms. The van der Waals surface area contributed by atoms with E-state index in [0.717, 1.165) is 5.56 Å². The van der Waals surface area contributed by atoms with Crippen LogP contribution in [0.1, 0.15) is 11.4 Å². The summed E-state index contributed by atoms with van der Waals surface area (Å²) in [7, 11) is 3.10. The molecule has 0 aliphatic heterocycles. The van der Waals surface area contributed by atoms with Crippen molar-refractivity contribution in [1.29, 1.82) is 0 Å². The second-order valence-corrected chi connectivity index (χ2v) is 4.05. The number of rotatable bonds is 6. The molecule has 0 unspecified atom stereocenters. The lowest BCUT2D eigenvalue weighted by Gasteiger charge is -2.12. The van der Waals surface area contributed by atoms with Gasteiger partial charge in [0.25, 0.3) is 0 Å². The van der Waals surface area contributed by atoms with Gasteiger partial charge in [0, 0.05) is 26.0 Å². The maximum atomic E-state index is 5.96. The maximum absolute atomic E-state index is 5.96. The molecule has 0 saturated carbocycles. The molecule has 0 bridgehead atoms. The molecular weight excluding hydrogens is 258 g/mol. The molecule has 2 aromatic rings. The summed E-state index contributed by atoms with van der Waals surface area (Å²) in [5.74, 6) is 1.38. The van der Waals surface area contributed by atoms with Crippen LogP contribution in [0.3, 0.4) is 0 Å². The fourth-order valence-electron chi connectivity index (χ4n) is 1.66. The predicted molar refractivity (Wildman–Crippen MR) is 75.3 cm³/mol. The third kappa shape index (κ3) is 3.33. The summed E-state index contributed by atoms with van der Waals surface area (Å²) in [5, 5.41) is 3.16. The Bertz CT molecular complexity index is 562. The van der Waals surface area contributed by atoms with E-state index in [0.29, 0.717) is 36.4 Å². The van der Waals surface area contributed by atoms with Crippen LogP contribution in [0.2, 0.25) is 0 Å². The van der Waals surface area contributed by atoms with Crippen LogP contribution < -0.4 is 15.8 Å². The summed E-state index contributed by atoms with van der Waals surface area (Å²) in [6, 6.07) is 3.83. The topological polar surface area (TPSA) is 95.2 Å². The van der Waals surface area contributed by atoms with Gasteiger partial charge in [-0.25, -0.2) is 4.98 Å². The number of pyridine rings is 1. The van der Waals surface area contributed by atoms with Gasteiger partial charge in [-0.05, 0) is 17.7 Å². The van der Waals surface area contributed by atoms with Gasteiger partial charge in [-0.1, -0.05) is 0 Å². The molecule has 0 aromatic carbocycles. The van der Waals surface area contributed by atoms with Crippen molar-refractivity contribution in [1.82, 2.24) is 15.0 Å². The van der Waals surface area contributed by atoms with Crippen molar-refractivity contribution in [3.05, 3.63) is 35.9 Å². The number of nitrogen functional groups attached to an aromatic ring is 1. The molecule has 20 heavy (non-hydrogen) atoms. The number of nitrogens with two attached hydrogens (primary N) is 1. The van der Waals surface area contributed by atoms with Crippen LogP contribution >= 0.6 is 0 Å². The van der Waals surface area contributed by atoms with Crippen LogP contribution in [0.5, 0.6) is 5.88 Å². The van der Waals surface area contributed by atoms with E-state index < -0.39 is 0 Å².